The molecule has 0 aliphatic carbocycles. The summed E-state index contributed by atoms with van der Waals surface area (Å²) in [6, 6.07) is 7.47. The summed E-state index contributed by atoms with van der Waals surface area (Å²) in [6.45, 7) is 0.530. The molecule has 0 aliphatic rings. The zero-order chi connectivity index (χ0) is 10.6. The maximum absolute atomic E-state index is 11.1. The smallest absolute Gasteiger partial charge is 0.322 e. The first-order chi connectivity index (χ1) is 6.63. The molecule has 0 aromatic heterocycles. The van der Waals surface area contributed by atoms with Crippen molar-refractivity contribution in [1.29, 1.82) is 0 Å². The number of nitrogens with two attached hydrogens (primary N) is 1. The number of urea groups is 1. The van der Waals surface area contributed by atoms with E-state index in [2.05, 4.69) is 21.4 Å². The summed E-state index contributed by atoms with van der Waals surface area (Å²) in [6.07, 6.45) is 0. The highest BCUT2D eigenvalue weighted by molar-refractivity contribution is 9.10. The number of hydrazine groups is 1. The van der Waals surface area contributed by atoms with Crippen molar-refractivity contribution in [1.82, 2.24) is 10.3 Å². The normalized spacial score (nSPS) is 9.64. The van der Waals surface area contributed by atoms with Crippen LogP contribution < -0.4 is 11.3 Å². The average molecular weight is 258 g/mol. The SMILES string of the molecule is CN(Cc1cccc(Br)c1)C(=O)NN. The molecule has 1 aromatic carbocycles. The van der Waals surface area contributed by atoms with E-state index < -0.39 is 0 Å². The van der Waals surface area contributed by atoms with Crippen LogP contribution in [0.4, 0.5) is 4.79 Å². The Kier molecular flexibility index (Phi) is 3.91. The van der Waals surface area contributed by atoms with Crippen molar-refractivity contribution < 1.29 is 4.79 Å². The van der Waals surface area contributed by atoms with Crippen LogP contribution in [0.15, 0.2) is 28.7 Å². The lowest BCUT2D eigenvalue weighted by Gasteiger charge is -2.16. The van der Waals surface area contributed by atoms with Crippen LogP contribution in [0.3, 0.4) is 0 Å². The number of hydrogen-bond donors (Lipinski definition) is 2. The van der Waals surface area contributed by atoms with Gasteiger partial charge in [0.05, 0.1) is 0 Å². The Morgan fingerprint density at radius 3 is 2.93 bits per heavy atom. The molecule has 0 fully saturated rings. The predicted octanol–water partition coefficient (Wildman–Crippen LogP) is 1.46. The molecule has 1 rings (SSSR count). The second kappa shape index (κ2) is 4.97. The van der Waals surface area contributed by atoms with Crippen LogP contribution >= 0.6 is 15.9 Å². The summed E-state index contributed by atoms with van der Waals surface area (Å²) in [7, 11) is 1.68. The molecule has 0 unspecified atom stereocenters. The van der Waals surface area contributed by atoms with E-state index in [9.17, 15) is 4.79 Å². The van der Waals surface area contributed by atoms with Crippen molar-refractivity contribution in [3.63, 3.8) is 0 Å². The van der Waals surface area contributed by atoms with Gasteiger partial charge in [0.25, 0.3) is 0 Å². The van der Waals surface area contributed by atoms with E-state index in [1.54, 1.807) is 7.05 Å². The number of carbonyl (C=O) groups excluding carboxylic acids is 1. The van der Waals surface area contributed by atoms with Crippen molar-refractivity contribution in [3.05, 3.63) is 34.3 Å². The fraction of sp³-hybridized carbons (Fsp3) is 0.222. The zero-order valence-electron chi connectivity index (χ0n) is 7.83. The van der Waals surface area contributed by atoms with Crippen LogP contribution in [-0.4, -0.2) is 18.0 Å². The fourth-order valence-electron chi connectivity index (χ4n) is 1.09. The topological polar surface area (TPSA) is 58.4 Å². The minimum atomic E-state index is -0.301. The number of benzene rings is 1. The van der Waals surface area contributed by atoms with Crippen LogP contribution in [0.25, 0.3) is 0 Å². The minimum Gasteiger partial charge on any atom is -0.322 e. The van der Waals surface area contributed by atoms with E-state index in [4.69, 9.17) is 5.84 Å². The monoisotopic (exact) mass is 257 g/mol. The number of halogens is 1. The first-order valence-electron chi connectivity index (χ1n) is 4.09. The predicted molar refractivity (Wildman–Crippen MR) is 58.3 cm³/mol. The Labute approximate surface area is 91.2 Å². The quantitative estimate of drug-likeness (QED) is 0.479. The van der Waals surface area contributed by atoms with Gasteiger partial charge in [-0.2, -0.15) is 0 Å². The minimum absolute atomic E-state index is 0.301. The molecule has 0 saturated heterocycles. The number of rotatable bonds is 2. The van der Waals surface area contributed by atoms with E-state index in [0.717, 1.165) is 10.0 Å². The molecule has 0 spiro atoms. The van der Waals surface area contributed by atoms with Crippen molar-refractivity contribution in [2.45, 2.75) is 6.54 Å². The molecule has 14 heavy (non-hydrogen) atoms. The lowest BCUT2D eigenvalue weighted by molar-refractivity contribution is 0.207. The van der Waals surface area contributed by atoms with Gasteiger partial charge in [-0.1, -0.05) is 28.1 Å². The van der Waals surface area contributed by atoms with Gasteiger partial charge in [0, 0.05) is 18.1 Å². The Bertz CT molecular complexity index is 330. The number of hydrogen-bond acceptors (Lipinski definition) is 2. The molecule has 1 aromatic rings. The fourth-order valence-corrected chi connectivity index (χ4v) is 1.54. The molecule has 4 nitrogen and oxygen atoms in total. The highest BCUT2D eigenvalue weighted by Crippen LogP contribution is 2.12. The number of amides is 2. The molecule has 5 heteroatoms. The molecule has 0 heterocycles. The summed E-state index contributed by atoms with van der Waals surface area (Å²) in [5, 5.41) is 0. The zero-order valence-corrected chi connectivity index (χ0v) is 9.41. The Morgan fingerprint density at radius 2 is 2.36 bits per heavy atom. The van der Waals surface area contributed by atoms with Gasteiger partial charge >= 0.3 is 6.03 Å². The lowest BCUT2D eigenvalue weighted by atomic mass is 10.2. The van der Waals surface area contributed by atoms with Gasteiger partial charge in [0.1, 0.15) is 0 Å². The molecule has 0 aliphatic heterocycles. The second-order valence-electron chi connectivity index (χ2n) is 2.94. The van der Waals surface area contributed by atoms with Gasteiger partial charge in [-0.15, -0.1) is 0 Å². The van der Waals surface area contributed by atoms with Crippen LogP contribution in [-0.2, 0) is 6.54 Å². The van der Waals surface area contributed by atoms with E-state index in [0.29, 0.717) is 6.54 Å². The Morgan fingerprint density at radius 1 is 1.64 bits per heavy atom. The van der Waals surface area contributed by atoms with Crippen molar-refractivity contribution in [3.8, 4) is 0 Å². The van der Waals surface area contributed by atoms with Crippen LogP contribution in [0, 0.1) is 0 Å². The summed E-state index contributed by atoms with van der Waals surface area (Å²) >= 11 is 3.36. The molecular formula is C9H12BrN3O. The van der Waals surface area contributed by atoms with Crippen molar-refractivity contribution >= 4 is 22.0 Å². The first kappa shape index (κ1) is 11.0. The van der Waals surface area contributed by atoms with Crippen LogP contribution in [0.2, 0.25) is 0 Å². The van der Waals surface area contributed by atoms with E-state index >= 15 is 0 Å². The molecule has 2 amide bonds. The molecular weight excluding hydrogens is 246 g/mol. The van der Waals surface area contributed by atoms with Crippen molar-refractivity contribution in [2.24, 2.45) is 5.84 Å². The Balaban J connectivity index is 2.64. The van der Waals surface area contributed by atoms with Gasteiger partial charge in [-0.25, -0.2) is 10.6 Å². The molecule has 0 bridgehead atoms. The van der Waals surface area contributed by atoms with Gasteiger partial charge < -0.3 is 4.90 Å². The average Bonchev–Trinajstić information content (AvgIpc) is 2.16. The summed E-state index contributed by atoms with van der Waals surface area (Å²) < 4.78 is 0.997. The molecule has 76 valence electrons. The summed E-state index contributed by atoms with van der Waals surface area (Å²) in [5.74, 6) is 5.01. The largest absolute Gasteiger partial charge is 0.331 e. The van der Waals surface area contributed by atoms with Gasteiger partial charge in [0.15, 0.2) is 0 Å². The third-order valence-corrected chi connectivity index (χ3v) is 2.27. The summed E-state index contributed by atoms with van der Waals surface area (Å²) in [4.78, 5) is 12.6. The van der Waals surface area contributed by atoms with E-state index in [1.807, 2.05) is 24.3 Å². The van der Waals surface area contributed by atoms with Crippen LogP contribution in [0.1, 0.15) is 5.56 Å². The Hall–Kier alpha value is -1.07. The third kappa shape index (κ3) is 3.01. The van der Waals surface area contributed by atoms with Gasteiger partial charge in [-0.3, -0.25) is 5.43 Å². The summed E-state index contributed by atoms with van der Waals surface area (Å²) in [5.41, 5.74) is 3.12. The van der Waals surface area contributed by atoms with E-state index in [-0.39, 0.29) is 6.03 Å². The second-order valence-corrected chi connectivity index (χ2v) is 3.85. The highest BCUT2D eigenvalue weighted by Gasteiger charge is 2.06. The van der Waals surface area contributed by atoms with Crippen molar-refractivity contribution in [2.75, 3.05) is 7.05 Å². The molecule has 0 atom stereocenters. The lowest BCUT2D eigenvalue weighted by Crippen LogP contribution is -2.40. The maximum Gasteiger partial charge on any atom is 0.331 e. The number of nitrogens with zero attached hydrogens (tertiary/aromatic N) is 1. The highest BCUT2D eigenvalue weighted by atomic mass is 79.9. The molecule has 0 saturated carbocycles. The van der Waals surface area contributed by atoms with Gasteiger partial charge in [0.2, 0.25) is 0 Å². The van der Waals surface area contributed by atoms with E-state index in [1.165, 1.54) is 4.90 Å². The number of nitrogens with one attached hydrogen (secondary N) is 1. The molecule has 0 radical (unpaired) electrons. The molecule has 3 N–H and O–H groups in total. The third-order valence-electron chi connectivity index (χ3n) is 1.78. The van der Waals surface area contributed by atoms with Crippen LogP contribution in [0.5, 0.6) is 0 Å². The first-order valence-corrected chi connectivity index (χ1v) is 4.89. The maximum atomic E-state index is 11.1. The number of carbonyl (C=O) groups is 1. The standard InChI is InChI=1S/C9H12BrN3O/c1-13(9(14)12-11)6-7-3-2-4-8(10)5-7/h2-5H,6,11H2,1H3,(H,12,14). The van der Waals surface area contributed by atoms with Gasteiger partial charge in [-0.05, 0) is 17.7 Å².